The second-order valence-electron chi connectivity index (χ2n) is 2.37. The van der Waals surface area contributed by atoms with Gasteiger partial charge in [0.05, 0.1) is 6.61 Å². The number of Topliss-reactive ketones (excluding diaryl/α,β-unsaturated/α-hetero) is 1. The molecule has 0 saturated carbocycles. The topological polar surface area (TPSA) is 69.7 Å². The van der Waals surface area contributed by atoms with Crippen LogP contribution in [0.3, 0.4) is 0 Å². The molecule has 0 fully saturated rings. The Kier molecular flexibility index (Phi) is 2.46. The number of rotatable bonds is 2. The lowest BCUT2D eigenvalue weighted by molar-refractivity contribution is -0.147. The van der Waals surface area contributed by atoms with Gasteiger partial charge in [-0.15, -0.1) is 0 Å². The fourth-order valence-electron chi connectivity index (χ4n) is 0.938. The van der Waals surface area contributed by atoms with Gasteiger partial charge in [-0.05, 0) is 13.8 Å². The molecule has 0 N–H and O–H groups in total. The van der Waals surface area contributed by atoms with Crippen LogP contribution in [-0.2, 0) is 23.9 Å². The maximum absolute atomic E-state index is 11.1. The maximum Gasteiger partial charge on any atom is 0.385 e. The lowest BCUT2D eigenvalue weighted by Crippen LogP contribution is -2.17. The monoisotopic (exact) mass is 184 g/mol. The predicted molar refractivity (Wildman–Crippen MR) is 40.4 cm³/mol. The third kappa shape index (κ3) is 1.58. The minimum Gasteiger partial charge on any atom is -0.462 e. The number of allylic oxidation sites excluding steroid dienone is 1. The van der Waals surface area contributed by atoms with Crippen molar-refractivity contribution in [3.63, 3.8) is 0 Å². The van der Waals surface area contributed by atoms with Gasteiger partial charge in [-0.1, -0.05) is 0 Å². The summed E-state index contributed by atoms with van der Waals surface area (Å²) in [5, 5.41) is 0. The molecule has 0 amide bonds. The first-order valence-electron chi connectivity index (χ1n) is 3.72. The highest BCUT2D eigenvalue weighted by atomic mass is 16.6. The number of hydrogen-bond acceptors (Lipinski definition) is 5. The van der Waals surface area contributed by atoms with E-state index >= 15 is 0 Å². The first-order chi connectivity index (χ1) is 6.07. The van der Waals surface area contributed by atoms with Gasteiger partial charge in [0.25, 0.3) is 5.78 Å². The fraction of sp³-hybridized carbons (Fsp3) is 0.375. The SMILES string of the molecule is CCOC(=O)C1=C(C)OC(=O)C1=O. The molecule has 0 unspecified atom stereocenters. The van der Waals surface area contributed by atoms with Crippen LogP contribution in [0.1, 0.15) is 13.8 Å². The van der Waals surface area contributed by atoms with E-state index in [4.69, 9.17) is 0 Å². The Hall–Kier alpha value is -1.65. The molecule has 0 bridgehead atoms. The van der Waals surface area contributed by atoms with Crippen molar-refractivity contribution in [1.82, 2.24) is 0 Å². The molecule has 70 valence electrons. The van der Waals surface area contributed by atoms with E-state index in [0.29, 0.717) is 0 Å². The molecule has 1 heterocycles. The minimum absolute atomic E-state index is 0.00782. The third-order valence-electron chi connectivity index (χ3n) is 1.49. The molecule has 0 radical (unpaired) electrons. The molecule has 0 spiro atoms. The Labute approximate surface area is 74.3 Å². The van der Waals surface area contributed by atoms with Crippen LogP contribution in [0.4, 0.5) is 0 Å². The van der Waals surface area contributed by atoms with Gasteiger partial charge >= 0.3 is 11.9 Å². The van der Waals surface area contributed by atoms with Gasteiger partial charge in [0.2, 0.25) is 0 Å². The number of cyclic esters (lactones) is 1. The predicted octanol–water partition coefficient (Wildman–Crippen LogP) is -0.0506. The number of ketones is 1. The van der Waals surface area contributed by atoms with E-state index in [9.17, 15) is 14.4 Å². The van der Waals surface area contributed by atoms with Gasteiger partial charge in [0.15, 0.2) is 5.57 Å². The number of ether oxygens (including phenoxy) is 2. The molecule has 5 heteroatoms. The van der Waals surface area contributed by atoms with Gasteiger partial charge in [-0.3, -0.25) is 4.79 Å². The number of carbonyl (C=O) groups excluding carboxylic acids is 3. The summed E-state index contributed by atoms with van der Waals surface area (Å²) in [5.41, 5.74) is -0.299. The van der Waals surface area contributed by atoms with Crippen molar-refractivity contribution >= 4 is 17.7 Å². The molecular formula is C8H8O5. The maximum atomic E-state index is 11.1. The van der Waals surface area contributed by atoms with E-state index in [1.807, 2.05) is 0 Å². The van der Waals surface area contributed by atoms with Crippen molar-refractivity contribution in [2.45, 2.75) is 13.8 Å². The summed E-state index contributed by atoms with van der Waals surface area (Å²) < 4.78 is 9.01. The first kappa shape index (κ1) is 9.44. The summed E-state index contributed by atoms with van der Waals surface area (Å²) in [6, 6.07) is 0. The molecule has 13 heavy (non-hydrogen) atoms. The molecule has 0 aromatic rings. The molecule has 0 aromatic carbocycles. The van der Waals surface area contributed by atoms with Crippen LogP contribution < -0.4 is 0 Å². The summed E-state index contributed by atoms with van der Waals surface area (Å²) in [5.74, 6) is -2.76. The standard InChI is InChI=1S/C8H8O5/c1-3-12-7(10)5-4(2)13-8(11)6(5)9/h3H2,1-2H3. The molecule has 0 aliphatic carbocycles. The fourth-order valence-corrected chi connectivity index (χ4v) is 0.938. The highest BCUT2D eigenvalue weighted by molar-refractivity contribution is 6.48. The van der Waals surface area contributed by atoms with E-state index in [2.05, 4.69) is 9.47 Å². The molecule has 1 aliphatic rings. The van der Waals surface area contributed by atoms with Crippen LogP contribution in [0, 0.1) is 0 Å². The Bertz CT molecular complexity index is 312. The Morgan fingerprint density at radius 2 is 2.08 bits per heavy atom. The average Bonchev–Trinajstić information content (AvgIpc) is 2.27. The Morgan fingerprint density at radius 3 is 2.46 bits per heavy atom. The highest BCUT2D eigenvalue weighted by Gasteiger charge is 2.37. The smallest absolute Gasteiger partial charge is 0.385 e. The van der Waals surface area contributed by atoms with Crippen LogP contribution in [0.25, 0.3) is 0 Å². The zero-order valence-corrected chi connectivity index (χ0v) is 7.25. The van der Waals surface area contributed by atoms with Gasteiger partial charge in [-0.25, -0.2) is 9.59 Å². The Morgan fingerprint density at radius 1 is 1.46 bits per heavy atom. The summed E-state index contributed by atoms with van der Waals surface area (Å²) in [6.07, 6.45) is 0. The molecule has 0 atom stereocenters. The summed E-state index contributed by atoms with van der Waals surface area (Å²) >= 11 is 0. The molecule has 1 aliphatic heterocycles. The van der Waals surface area contributed by atoms with Crippen LogP contribution in [0.5, 0.6) is 0 Å². The zero-order chi connectivity index (χ0) is 10.0. The average molecular weight is 184 g/mol. The highest BCUT2D eigenvalue weighted by Crippen LogP contribution is 2.17. The van der Waals surface area contributed by atoms with E-state index in [0.717, 1.165) is 0 Å². The minimum atomic E-state index is -1.03. The van der Waals surface area contributed by atoms with Crippen molar-refractivity contribution in [2.24, 2.45) is 0 Å². The van der Waals surface area contributed by atoms with Gasteiger partial charge in [-0.2, -0.15) is 0 Å². The van der Waals surface area contributed by atoms with Crippen molar-refractivity contribution in [1.29, 1.82) is 0 Å². The summed E-state index contributed by atoms with van der Waals surface area (Å²) in [7, 11) is 0. The number of carbonyl (C=O) groups is 3. The van der Waals surface area contributed by atoms with Crippen LogP contribution in [-0.4, -0.2) is 24.3 Å². The van der Waals surface area contributed by atoms with Crippen molar-refractivity contribution in [2.75, 3.05) is 6.61 Å². The molecule has 5 nitrogen and oxygen atoms in total. The number of hydrogen-bond donors (Lipinski definition) is 0. The van der Waals surface area contributed by atoms with Gasteiger partial charge in [0, 0.05) is 0 Å². The van der Waals surface area contributed by atoms with E-state index in [1.165, 1.54) is 6.92 Å². The second kappa shape index (κ2) is 3.38. The summed E-state index contributed by atoms with van der Waals surface area (Å²) in [6.45, 7) is 3.13. The van der Waals surface area contributed by atoms with Crippen molar-refractivity contribution < 1.29 is 23.9 Å². The van der Waals surface area contributed by atoms with E-state index in [1.54, 1.807) is 6.92 Å². The van der Waals surface area contributed by atoms with Gasteiger partial charge in [0.1, 0.15) is 5.76 Å². The van der Waals surface area contributed by atoms with Crippen LogP contribution in [0.2, 0.25) is 0 Å². The molecular weight excluding hydrogens is 176 g/mol. The zero-order valence-electron chi connectivity index (χ0n) is 7.25. The lowest BCUT2D eigenvalue weighted by atomic mass is 10.2. The lowest BCUT2D eigenvalue weighted by Gasteiger charge is -1.98. The quantitative estimate of drug-likeness (QED) is 0.342. The van der Waals surface area contributed by atoms with Crippen molar-refractivity contribution in [3.8, 4) is 0 Å². The first-order valence-corrected chi connectivity index (χ1v) is 3.72. The van der Waals surface area contributed by atoms with E-state index in [-0.39, 0.29) is 17.9 Å². The second-order valence-corrected chi connectivity index (χ2v) is 2.37. The van der Waals surface area contributed by atoms with Crippen LogP contribution in [0.15, 0.2) is 11.3 Å². The Balaban J connectivity index is 2.91. The van der Waals surface area contributed by atoms with Gasteiger partial charge < -0.3 is 9.47 Å². The molecule has 1 rings (SSSR count). The summed E-state index contributed by atoms with van der Waals surface area (Å²) in [4.78, 5) is 32.8. The van der Waals surface area contributed by atoms with Crippen molar-refractivity contribution in [3.05, 3.63) is 11.3 Å². The molecule has 0 aromatic heterocycles. The van der Waals surface area contributed by atoms with Crippen LogP contribution >= 0.6 is 0 Å². The largest absolute Gasteiger partial charge is 0.462 e. The molecule has 0 saturated heterocycles. The number of esters is 2. The van der Waals surface area contributed by atoms with E-state index < -0.39 is 17.7 Å². The normalized spacial score (nSPS) is 16.2. The third-order valence-corrected chi connectivity index (χ3v) is 1.49.